The van der Waals surface area contributed by atoms with Gasteiger partial charge < -0.3 is 9.47 Å². The lowest BCUT2D eigenvalue weighted by atomic mass is 9.69. The summed E-state index contributed by atoms with van der Waals surface area (Å²) in [6.45, 7) is 4.64. The fourth-order valence-electron chi connectivity index (χ4n) is 7.62. The zero-order valence-electron chi connectivity index (χ0n) is 24.1. The van der Waals surface area contributed by atoms with E-state index >= 15 is 0 Å². The third-order valence-corrected chi connectivity index (χ3v) is 9.22. The Morgan fingerprint density at radius 3 is 2.02 bits per heavy atom. The van der Waals surface area contributed by atoms with E-state index in [1.807, 2.05) is 12.1 Å². The molecule has 1 unspecified atom stereocenters. The van der Waals surface area contributed by atoms with Crippen LogP contribution in [0.25, 0.3) is 28.0 Å². The van der Waals surface area contributed by atoms with Gasteiger partial charge in [-0.25, -0.2) is 0 Å². The molecule has 5 aromatic rings. The first-order valence-corrected chi connectivity index (χ1v) is 14.9. The van der Waals surface area contributed by atoms with Gasteiger partial charge >= 0.3 is 0 Å². The average molecular weight is 537 g/mol. The zero-order chi connectivity index (χ0) is 28.0. The van der Waals surface area contributed by atoms with E-state index in [2.05, 4.69) is 117 Å². The molecule has 1 heterocycles. The lowest BCUT2D eigenvalue weighted by Crippen LogP contribution is -2.35. The largest absolute Gasteiger partial charge is 0.497 e. The highest BCUT2D eigenvalue weighted by Gasteiger charge is 2.47. The molecule has 0 saturated carbocycles. The van der Waals surface area contributed by atoms with Crippen LogP contribution in [0, 0.1) is 0 Å². The van der Waals surface area contributed by atoms with Crippen LogP contribution < -0.4 is 9.47 Å². The molecule has 41 heavy (non-hydrogen) atoms. The molecule has 0 fully saturated rings. The Labute approximate surface area is 243 Å². The van der Waals surface area contributed by atoms with Crippen molar-refractivity contribution in [1.29, 1.82) is 0 Å². The lowest BCUT2D eigenvalue weighted by Gasteiger charge is -2.39. The summed E-state index contributed by atoms with van der Waals surface area (Å²) in [6, 6.07) is 36.9. The topological polar surface area (TPSA) is 18.5 Å². The standard InChI is InChI=1S/C39H36O2/c1-4-24-38(25-5-2)34-18-12-11-17-32(34)35-30-15-9-10-16-31(30)37-33(36(35)38)23-26-39(41-37,27-13-7-6-8-14-27)28-19-21-29(40-3)22-20-28/h6-23,26H,4-5,24-25H2,1-3H3. The van der Waals surface area contributed by atoms with E-state index in [0.29, 0.717) is 0 Å². The molecule has 1 atom stereocenters. The smallest absolute Gasteiger partial charge is 0.178 e. The van der Waals surface area contributed by atoms with Gasteiger partial charge in [0.25, 0.3) is 0 Å². The van der Waals surface area contributed by atoms with Crippen molar-refractivity contribution in [3.63, 3.8) is 0 Å². The molecule has 204 valence electrons. The van der Waals surface area contributed by atoms with Crippen molar-refractivity contribution in [3.05, 3.63) is 137 Å². The Morgan fingerprint density at radius 2 is 1.32 bits per heavy atom. The van der Waals surface area contributed by atoms with Crippen LogP contribution in [0.5, 0.6) is 11.5 Å². The minimum atomic E-state index is -0.763. The van der Waals surface area contributed by atoms with Gasteiger partial charge in [-0.2, -0.15) is 0 Å². The molecule has 0 amide bonds. The van der Waals surface area contributed by atoms with Gasteiger partial charge in [0.05, 0.1) is 7.11 Å². The Balaban J connectivity index is 1.56. The van der Waals surface area contributed by atoms with Crippen molar-refractivity contribution in [2.24, 2.45) is 0 Å². The minimum Gasteiger partial charge on any atom is -0.497 e. The van der Waals surface area contributed by atoms with E-state index in [9.17, 15) is 0 Å². The third kappa shape index (κ3) is 3.70. The first-order chi connectivity index (χ1) is 20.2. The van der Waals surface area contributed by atoms with Gasteiger partial charge in [-0.1, -0.05) is 124 Å². The number of benzene rings is 5. The number of hydrogen-bond acceptors (Lipinski definition) is 2. The molecular formula is C39H36O2. The molecule has 2 aliphatic rings. The summed E-state index contributed by atoms with van der Waals surface area (Å²) in [5.41, 5.74) is 8.31. The summed E-state index contributed by atoms with van der Waals surface area (Å²) in [6.07, 6.45) is 9.14. The fraction of sp³-hybridized carbons (Fsp3) is 0.231. The van der Waals surface area contributed by atoms with E-state index in [1.54, 1.807) is 7.11 Å². The summed E-state index contributed by atoms with van der Waals surface area (Å²) < 4.78 is 12.9. The first kappa shape index (κ1) is 25.7. The van der Waals surface area contributed by atoms with E-state index in [-0.39, 0.29) is 5.41 Å². The summed E-state index contributed by atoms with van der Waals surface area (Å²) >= 11 is 0. The van der Waals surface area contributed by atoms with E-state index < -0.39 is 5.60 Å². The second-order valence-corrected chi connectivity index (χ2v) is 11.4. The monoisotopic (exact) mass is 536 g/mol. The maximum atomic E-state index is 7.42. The molecule has 1 aliphatic heterocycles. The zero-order valence-corrected chi connectivity index (χ0v) is 24.1. The molecule has 0 N–H and O–H groups in total. The molecule has 0 radical (unpaired) electrons. The van der Waals surface area contributed by atoms with Gasteiger partial charge in [0.2, 0.25) is 0 Å². The van der Waals surface area contributed by atoms with Crippen LogP contribution >= 0.6 is 0 Å². The fourth-order valence-corrected chi connectivity index (χ4v) is 7.62. The van der Waals surface area contributed by atoms with Crippen LogP contribution in [0.2, 0.25) is 0 Å². The predicted octanol–water partition coefficient (Wildman–Crippen LogP) is 10.1. The highest BCUT2D eigenvalue weighted by atomic mass is 16.5. The summed E-state index contributed by atoms with van der Waals surface area (Å²) in [5, 5.41) is 2.44. The van der Waals surface area contributed by atoms with Crippen LogP contribution in [-0.4, -0.2) is 7.11 Å². The number of fused-ring (bicyclic) bond motifs is 8. The molecule has 0 bridgehead atoms. The molecule has 1 aliphatic carbocycles. The van der Waals surface area contributed by atoms with Gasteiger partial charge in [-0.05, 0) is 58.7 Å². The minimum absolute atomic E-state index is 0.0376. The second kappa shape index (κ2) is 9.96. The van der Waals surface area contributed by atoms with Gasteiger partial charge in [0.1, 0.15) is 11.5 Å². The maximum absolute atomic E-state index is 7.42. The van der Waals surface area contributed by atoms with Gasteiger partial charge in [-0.15, -0.1) is 0 Å². The van der Waals surface area contributed by atoms with Crippen LogP contribution in [-0.2, 0) is 11.0 Å². The Bertz CT molecular complexity index is 1760. The lowest BCUT2D eigenvalue weighted by molar-refractivity contribution is 0.163. The highest BCUT2D eigenvalue weighted by Crippen LogP contribution is 2.60. The quantitative estimate of drug-likeness (QED) is 0.206. The average Bonchev–Trinajstić information content (AvgIpc) is 3.32. The van der Waals surface area contributed by atoms with E-state index in [1.165, 1.54) is 33.2 Å². The highest BCUT2D eigenvalue weighted by molar-refractivity contribution is 6.08. The molecule has 7 rings (SSSR count). The van der Waals surface area contributed by atoms with Crippen molar-refractivity contribution in [1.82, 2.24) is 0 Å². The van der Waals surface area contributed by atoms with E-state index in [0.717, 1.165) is 53.7 Å². The van der Waals surface area contributed by atoms with Crippen molar-refractivity contribution in [2.75, 3.05) is 7.11 Å². The molecule has 0 spiro atoms. The SMILES string of the molecule is CCCC1(CCC)c2ccccc2-c2c1c1c(c3ccccc23)OC(c2ccccc2)(c2ccc(OC)cc2)C=C1. The maximum Gasteiger partial charge on any atom is 0.178 e. The van der Waals surface area contributed by atoms with Gasteiger partial charge in [0, 0.05) is 27.5 Å². The predicted molar refractivity (Wildman–Crippen MR) is 170 cm³/mol. The number of hydrogen-bond donors (Lipinski definition) is 0. The second-order valence-electron chi connectivity index (χ2n) is 11.4. The Hall–Kier alpha value is -4.30. The first-order valence-electron chi connectivity index (χ1n) is 14.9. The molecule has 0 aromatic heterocycles. The normalized spacial score (nSPS) is 17.9. The molecule has 2 heteroatoms. The van der Waals surface area contributed by atoms with Crippen molar-refractivity contribution < 1.29 is 9.47 Å². The van der Waals surface area contributed by atoms with Crippen LogP contribution in [0.1, 0.15) is 67.3 Å². The summed E-state index contributed by atoms with van der Waals surface area (Å²) in [5.74, 6) is 1.81. The number of ether oxygens (including phenoxy) is 2. The molecule has 5 aromatic carbocycles. The number of rotatable bonds is 7. The van der Waals surface area contributed by atoms with Gasteiger partial charge in [-0.3, -0.25) is 0 Å². The van der Waals surface area contributed by atoms with Crippen LogP contribution in [0.3, 0.4) is 0 Å². The van der Waals surface area contributed by atoms with Crippen molar-refractivity contribution >= 4 is 16.8 Å². The van der Waals surface area contributed by atoms with Crippen LogP contribution in [0.15, 0.2) is 109 Å². The van der Waals surface area contributed by atoms with Crippen molar-refractivity contribution in [3.8, 4) is 22.6 Å². The van der Waals surface area contributed by atoms with Gasteiger partial charge in [0.15, 0.2) is 5.60 Å². The van der Waals surface area contributed by atoms with Crippen molar-refractivity contribution in [2.45, 2.75) is 50.5 Å². The Morgan fingerprint density at radius 1 is 0.683 bits per heavy atom. The van der Waals surface area contributed by atoms with Crippen LogP contribution in [0.4, 0.5) is 0 Å². The Kier molecular flexibility index (Phi) is 6.23. The summed E-state index contributed by atoms with van der Waals surface area (Å²) in [4.78, 5) is 0. The summed E-state index contributed by atoms with van der Waals surface area (Å²) in [7, 11) is 1.71. The molecule has 0 saturated heterocycles. The van der Waals surface area contributed by atoms with E-state index in [4.69, 9.17) is 9.47 Å². The molecule has 2 nitrogen and oxygen atoms in total. The third-order valence-electron chi connectivity index (χ3n) is 9.22. The number of methoxy groups -OCH3 is 1. The molecular weight excluding hydrogens is 500 g/mol.